The maximum Gasteiger partial charge on any atom is 0.192 e. The van der Waals surface area contributed by atoms with Crippen molar-refractivity contribution in [3.05, 3.63) is 29.8 Å². The summed E-state index contributed by atoms with van der Waals surface area (Å²) in [6, 6.07) is 8.47. The van der Waals surface area contributed by atoms with Crippen molar-refractivity contribution < 1.29 is 8.98 Å². The molecule has 0 aliphatic carbocycles. The van der Waals surface area contributed by atoms with Crippen LogP contribution in [0.5, 0.6) is 0 Å². The first kappa shape index (κ1) is 24.1. The maximum absolute atomic E-state index is 12.7. The Bertz CT molecular complexity index is 550. The average Bonchev–Trinajstić information content (AvgIpc) is 2.50. The largest absolute Gasteiger partial charge is 0.598 e. The second-order valence-corrected chi connectivity index (χ2v) is 17.3. The molecule has 26 heavy (non-hydrogen) atoms. The first-order chi connectivity index (χ1) is 11.8. The predicted molar refractivity (Wildman–Crippen MR) is 120 cm³/mol. The molecule has 0 bridgehead atoms. The van der Waals surface area contributed by atoms with Crippen LogP contribution in [0.3, 0.4) is 0 Å². The zero-order valence-corrected chi connectivity index (χ0v) is 20.6. The van der Waals surface area contributed by atoms with Gasteiger partial charge in [-0.05, 0) is 62.4 Å². The fourth-order valence-electron chi connectivity index (χ4n) is 1.98. The summed E-state index contributed by atoms with van der Waals surface area (Å²) in [6.07, 6.45) is 0. The highest BCUT2D eigenvalue weighted by Crippen LogP contribution is 2.37. The van der Waals surface area contributed by atoms with Crippen molar-refractivity contribution in [1.29, 1.82) is 0 Å². The monoisotopic (exact) mass is 415 g/mol. The van der Waals surface area contributed by atoms with Crippen LogP contribution in [0.1, 0.15) is 60.1 Å². The van der Waals surface area contributed by atoms with Gasteiger partial charge in [0.05, 0.1) is 12.6 Å². The molecule has 0 saturated carbocycles. The van der Waals surface area contributed by atoms with E-state index < -0.39 is 19.7 Å². The summed E-state index contributed by atoms with van der Waals surface area (Å²) >= 11 is 0.684. The van der Waals surface area contributed by atoms with Gasteiger partial charge in [-0.15, -0.1) is 16.5 Å². The number of thioether (sulfide) groups is 1. The molecule has 1 aromatic carbocycles. The highest BCUT2D eigenvalue weighted by molar-refractivity contribution is 7.99. The van der Waals surface area contributed by atoms with Gasteiger partial charge in [0, 0.05) is 16.3 Å². The minimum atomic E-state index is -1.86. The summed E-state index contributed by atoms with van der Waals surface area (Å²) in [5.74, 6) is 1.06. The van der Waals surface area contributed by atoms with Crippen molar-refractivity contribution in [1.82, 2.24) is 4.72 Å². The molecule has 1 aromatic rings. The van der Waals surface area contributed by atoms with Crippen molar-refractivity contribution in [2.24, 2.45) is 0 Å². The van der Waals surface area contributed by atoms with E-state index in [1.807, 2.05) is 32.5 Å². The molecule has 0 saturated heterocycles. The standard InChI is InChI=1S/C20H37NO2S2Si/c1-10-24-17-13-11-16(12-14-17)18(21-25(22)19(2,3)4)15-23-26(8,9)20(5,6)7/h11-14,18,21H,10,15H2,1-9H3. The lowest BCUT2D eigenvalue weighted by Crippen LogP contribution is -2.46. The molecule has 3 nitrogen and oxygen atoms in total. The van der Waals surface area contributed by atoms with E-state index in [2.05, 4.69) is 69.8 Å². The molecular formula is C20H37NO2S2Si. The van der Waals surface area contributed by atoms with Crippen LogP contribution < -0.4 is 4.72 Å². The molecule has 150 valence electrons. The molecule has 0 fully saturated rings. The summed E-state index contributed by atoms with van der Waals surface area (Å²) in [5, 5.41) is 0.155. The lowest BCUT2D eigenvalue weighted by molar-refractivity contribution is 0.256. The van der Waals surface area contributed by atoms with Crippen LogP contribution in [0, 0.1) is 0 Å². The van der Waals surface area contributed by atoms with E-state index in [1.165, 1.54) is 4.90 Å². The molecule has 2 unspecified atom stereocenters. The van der Waals surface area contributed by atoms with E-state index >= 15 is 0 Å². The van der Waals surface area contributed by atoms with E-state index in [0.717, 1.165) is 11.3 Å². The van der Waals surface area contributed by atoms with Gasteiger partial charge >= 0.3 is 0 Å². The Balaban J connectivity index is 2.98. The van der Waals surface area contributed by atoms with Crippen LogP contribution in [0.15, 0.2) is 29.2 Å². The van der Waals surface area contributed by atoms with Gasteiger partial charge in [-0.1, -0.05) is 39.8 Å². The van der Waals surface area contributed by atoms with Crippen molar-refractivity contribution in [3.63, 3.8) is 0 Å². The van der Waals surface area contributed by atoms with E-state index in [-0.39, 0.29) is 15.8 Å². The summed E-state index contributed by atoms with van der Waals surface area (Å²) < 4.78 is 22.1. The van der Waals surface area contributed by atoms with E-state index in [1.54, 1.807) is 0 Å². The SMILES string of the molecule is CCSc1ccc(C(CO[Si](C)(C)C(C)(C)C)N[S+]([O-])C(C)(C)C)cc1. The molecule has 0 aromatic heterocycles. The van der Waals surface area contributed by atoms with Crippen LogP contribution in [-0.4, -0.2) is 30.0 Å². The molecule has 0 aliphatic rings. The first-order valence-corrected chi connectivity index (χ1v) is 14.4. The fourth-order valence-corrected chi connectivity index (χ4v) is 4.47. The van der Waals surface area contributed by atoms with E-state index in [4.69, 9.17) is 4.43 Å². The normalized spacial score (nSPS) is 15.8. The molecule has 6 heteroatoms. The third kappa shape index (κ3) is 7.21. The summed E-state index contributed by atoms with van der Waals surface area (Å²) in [5.41, 5.74) is 1.13. The minimum Gasteiger partial charge on any atom is -0.598 e. The van der Waals surface area contributed by atoms with Crippen LogP contribution >= 0.6 is 11.8 Å². The Morgan fingerprint density at radius 1 is 1.12 bits per heavy atom. The van der Waals surface area contributed by atoms with Gasteiger partial charge in [-0.25, -0.2) is 0 Å². The van der Waals surface area contributed by atoms with Gasteiger partial charge in [0.1, 0.15) is 4.75 Å². The zero-order chi connectivity index (χ0) is 20.2. The van der Waals surface area contributed by atoms with Crippen molar-refractivity contribution in [2.75, 3.05) is 12.4 Å². The summed E-state index contributed by atoms with van der Waals surface area (Å²) in [4.78, 5) is 1.26. The summed E-state index contributed by atoms with van der Waals surface area (Å²) in [6.45, 7) is 19.9. The minimum absolute atomic E-state index is 0.0788. The third-order valence-electron chi connectivity index (χ3n) is 4.82. The Hall–Kier alpha value is 0.0169. The molecule has 0 radical (unpaired) electrons. The van der Waals surface area contributed by atoms with Crippen LogP contribution in [0.25, 0.3) is 0 Å². The topological polar surface area (TPSA) is 44.3 Å². The molecule has 0 spiro atoms. The Morgan fingerprint density at radius 3 is 2.08 bits per heavy atom. The zero-order valence-electron chi connectivity index (χ0n) is 17.9. The van der Waals surface area contributed by atoms with Crippen LogP contribution in [-0.2, 0) is 15.8 Å². The highest BCUT2D eigenvalue weighted by atomic mass is 32.2. The second kappa shape index (κ2) is 9.48. The molecular weight excluding hydrogens is 378 g/mol. The van der Waals surface area contributed by atoms with Gasteiger partial charge in [0.15, 0.2) is 8.32 Å². The van der Waals surface area contributed by atoms with Crippen molar-refractivity contribution >= 4 is 31.4 Å². The smallest absolute Gasteiger partial charge is 0.192 e. The second-order valence-electron chi connectivity index (χ2n) is 9.12. The third-order valence-corrected chi connectivity index (χ3v) is 11.8. The van der Waals surface area contributed by atoms with E-state index in [9.17, 15) is 4.55 Å². The van der Waals surface area contributed by atoms with Crippen LogP contribution in [0.4, 0.5) is 0 Å². The molecule has 1 rings (SSSR count). The van der Waals surface area contributed by atoms with Gasteiger partial charge in [-0.3, -0.25) is 0 Å². The van der Waals surface area contributed by atoms with E-state index in [0.29, 0.717) is 6.61 Å². The molecule has 1 N–H and O–H groups in total. The van der Waals surface area contributed by atoms with Crippen molar-refractivity contribution in [3.8, 4) is 0 Å². The molecule has 2 atom stereocenters. The van der Waals surface area contributed by atoms with Crippen molar-refractivity contribution in [2.45, 2.75) is 82.3 Å². The Morgan fingerprint density at radius 2 is 1.65 bits per heavy atom. The first-order valence-electron chi connectivity index (χ1n) is 9.32. The predicted octanol–water partition coefficient (Wildman–Crippen LogP) is 5.91. The lowest BCUT2D eigenvalue weighted by atomic mass is 10.1. The Kier molecular flexibility index (Phi) is 8.77. The molecule has 0 amide bonds. The molecule has 0 heterocycles. The van der Waals surface area contributed by atoms with Crippen LogP contribution in [0.2, 0.25) is 18.1 Å². The quantitative estimate of drug-likeness (QED) is 0.325. The number of nitrogens with one attached hydrogen (secondary N) is 1. The molecule has 0 aliphatic heterocycles. The maximum atomic E-state index is 12.7. The van der Waals surface area contributed by atoms with Gasteiger partial charge in [0.2, 0.25) is 0 Å². The summed E-state index contributed by atoms with van der Waals surface area (Å²) in [7, 11) is -1.86. The highest BCUT2D eigenvalue weighted by Gasteiger charge is 2.38. The number of benzene rings is 1. The number of hydrogen-bond donors (Lipinski definition) is 1. The number of hydrogen-bond acceptors (Lipinski definition) is 4. The Labute approximate surface area is 169 Å². The van der Waals surface area contributed by atoms with Gasteiger partial charge in [0.25, 0.3) is 0 Å². The lowest BCUT2D eigenvalue weighted by Gasteiger charge is -2.37. The van der Waals surface area contributed by atoms with Gasteiger partial charge in [-0.2, -0.15) is 0 Å². The fraction of sp³-hybridized carbons (Fsp3) is 0.700. The average molecular weight is 416 g/mol. The number of rotatable bonds is 8. The van der Waals surface area contributed by atoms with Gasteiger partial charge < -0.3 is 8.98 Å².